The summed E-state index contributed by atoms with van der Waals surface area (Å²) in [6, 6.07) is 6.11. The van der Waals surface area contributed by atoms with Crippen LogP contribution in [0.25, 0.3) is 0 Å². The Balaban J connectivity index is 3.28. The van der Waals surface area contributed by atoms with Crippen molar-refractivity contribution in [3.8, 4) is 0 Å². The third-order valence-corrected chi connectivity index (χ3v) is 4.83. The molecule has 1 aromatic carbocycles. The molecule has 0 aliphatic rings. The minimum atomic E-state index is -3.68. The van der Waals surface area contributed by atoms with E-state index in [0.29, 0.717) is 0 Å². The summed E-state index contributed by atoms with van der Waals surface area (Å²) in [4.78, 5) is 0.00438. The second kappa shape index (κ2) is 6.51. The van der Waals surface area contributed by atoms with E-state index in [4.69, 9.17) is 0 Å². The highest BCUT2D eigenvalue weighted by Crippen LogP contribution is 2.25. The van der Waals surface area contributed by atoms with Gasteiger partial charge in [0.25, 0.3) is 0 Å². The Labute approximate surface area is 118 Å². The molecule has 0 aliphatic heterocycles. The number of benzene rings is 1. The van der Waals surface area contributed by atoms with E-state index in [-0.39, 0.29) is 10.6 Å². The SMILES string of the molecule is CN(C)S(=O)(=O)c1ccccc1NC(CO)(CO)CO. The van der Waals surface area contributed by atoms with Crippen LogP contribution in [0.2, 0.25) is 0 Å². The van der Waals surface area contributed by atoms with Crippen LogP contribution < -0.4 is 5.32 Å². The molecular formula is C12H20N2O5S. The molecule has 4 N–H and O–H groups in total. The van der Waals surface area contributed by atoms with Crippen LogP contribution in [0.1, 0.15) is 0 Å². The Morgan fingerprint density at radius 1 is 1.10 bits per heavy atom. The van der Waals surface area contributed by atoms with Gasteiger partial charge >= 0.3 is 0 Å². The van der Waals surface area contributed by atoms with Gasteiger partial charge in [-0.2, -0.15) is 0 Å². The largest absolute Gasteiger partial charge is 0.394 e. The lowest BCUT2D eigenvalue weighted by Crippen LogP contribution is -2.49. The van der Waals surface area contributed by atoms with Crippen molar-refractivity contribution in [1.29, 1.82) is 0 Å². The van der Waals surface area contributed by atoms with Gasteiger partial charge in [0.2, 0.25) is 10.0 Å². The van der Waals surface area contributed by atoms with Gasteiger partial charge in [0.05, 0.1) is 25.5 Å². The topological polar surface area (TPSA) is 110 Å². The van der Waals surface area contributed by atoms with Crippen molar-refractivity contribution in [3.05, 3.63) is 24.3 Å². The summed E-state index contributed by atoms with van der Waals surface area (Å²) >= 11 is 0. The molecule has 1 rings (SSSR count). The van der Waals surface area contributed by atoms with Crippen LogP contribution in [-0.2, 0) is 10.0 Å². The number of sulfonamides is 1. The first-order valence-electron chi connectivity index (χ1n) is 5.95. The number of nitrogens with zero attached hydrogens (tertiary/aromatic N) is 1. The molecule has 0 atom stereocenters. The van der Waals surface area contributed by atoms with E-state index in [1.165, 1.54) is 26.2 Å². The Morgan fingerprint density at radius 3 is 2.05 bits per heavy atom. The molecule has 0 amide bonds. The number of anilines is 1. The molecule has 114 valence electrons. The highest BCUT2D eigenvalue weighted by molar-refractivity contribution is 7.89. The van der Waals surface area contributed by atoms with Gasteiger partial charge in [-0.3, -0.25) is 0 Å². The fraction of sp³-hybridized carbons (Fsp3) is 0.500. The predicted molar refractivity (Wildman–Crippen MR) is 74.9 cm³/mol. The van der Waals surface area contributed by atoms with Gasteiger partial charge in [0.1, 0.15) is 10.4 Å². The van der Waals surface area contributed by atoms with E-state index >= 15 is 0 Å². The van der Waals surface area contributed by atoms with Crippen LogP contribution >= 0.6 is 0 Å². The highest BCUT2D eigenvalue weighted by Gasteiger charge is 2.30. The van der Waals surface area contributed by atoms with Crippen LogP contribution in [-0.4, -0.2) is 67.5 Å². The monoisotopic (exact) mass is 304 g/mol. The van der Waals surface area contributed by atoms with Crippen LogP contribution in [0.15, 0.2) is 29.2 Å². The Hall–Kier alpha value is -1.19. The lowest BCUT2D eigenvalue weighted by molar-refractivity contribution is 0.0832. The number of aliphatic hydroxyl groups is 3. The zero-order chi connectivity index (χ0) is 15.4. The standard InChI is InChI=1S/C12H20N2O5S/c1-14(2)20(18,19)11-6-4-3-5-10(11)13-12(7-15,8-16)9-17/h3-6,13,15-17H,7-9H2,1-2H3. The van der Waals surface area contributed by atoms with E-state index in [0.717, 1.165) is 4.31 Å². The smallest absolute Gasteiger partial charge is 0.244 e. The summed E-state index contributed by atoms with van der Waals surface area (Å²) in [7, 11) is -0.866. The van der Waals surface area contributed by atoms with Crippen molar-refractivity contribution in [2.45, 2.75) is 10.4 Å². The maximum Gasteiger partial charge on any atom is 0.244 e. The first kappa shape index (κ1) is 16.9. The molecule has 0 spiro atoms. The van der Waals surface area contributed by atoms with Crippen molar-refractivity contribution >= 4 is 15.7 Å². The average molecular weight is 304 g/mol. The number of para-hydroxylation sites is 1. The van der Waals surface area contributed by atoms with Crippen molar-refractivity contribution in [1.82, 2.24) is 4.31 Å². The molecule has 0 aliphatic carbocycles. The molecule has 0 aromatic heterocycles. The highest BCUT2D eigenvalue weighted by atomic mass is 32.2. The molecule has 0 heterocycles. The second-order valence-corrected chi connectivity index (χ2v) is 6.78. The number of hydrogen-bond acceptors (Lipinski definition) is 6. The average Bonchev–Trinajstić information content (AvgIpc) is 2.45. The van der Waals surface area contributed by atoms with Gasteiger partial charge < -0.3 is 20.6 Å². The van der Waals surface area contributed by atoms with Gasteiger partial charge in [0, 0.05) is 14.1 Å². The fourth-order valence-electron chi connectivity index (χ4n) is 1.55. The minimum absolute atomic E-state index is 0.00438. The van der Waals surface area contributed by atoms with E-state index in [1.54, 1.807) is 12.1 Å². The molecule has 0 saturated heterocycles. The maximum atomic E-state index is 12.2. The van der Waals surface area contributed by atoms with Crippen molar-refractivity contribution in [2.75, 3.05) is 39.2 Å². The van der Waals surface area contributed by atoms with Gasteiger partial charge in [-0.15, -0.1) is 0 Å². The molecule has 7 nitrogen and oxygen atoms in total. The zero-order valence-corrected chi connectivity index (χ0v) is 12.3. The summed E-state index contributed by atoms with van der Waals surface area (Å²) in [5, 5.41) is 30.6. The Kier molecular flexibility index (Phi) is 5.49. The number of aliphatic hydroxyl groups excluding tert-OH is 3. The van der Waals surface area contributed by atoms with Crippen molar-refractivity contribution in [2.24, 2.45) is 0 Å². The summed E-state index contributed by atoms with van der Waals surface area (Å²) in [5.74, 6) is 0. The number of rotatable bonds is 7. The zero-order valence-electron chi connectivity index (χ0n) is 11.4. The van der Waals surface area contributed by atoms with E-state index in [9.17, 15) is 23.7 Å². The molecule has 0 fully saturated rings. The molecule has 8 heteroatoms. The predicted octanol–water partition coefficient (Wildman–Crippen LogP) is -0.935. The molecule has 1 aromatic rings. The van der Waals surface area contributed by atoms with Crippen LogP contribution in [0, 0.1) is 0 Å². The van der Waals surface area contributed by atoms with Gasteiger partial charge in [0.15, 0.2) is 0 Å². The lowest BCUT2D eigenvalue weighted by Gasteiger charge is -2.31. The van der Waals surface area contributed by atoms with Gasteiger partial charge in [-0.1, -0.05) is 12.1 Å². The van der Waals surface area contributed by atoms with Crippen LogP contribution in [0.4, 0.5) is 5.69 Å². The second-order valence-electron chi connectivity index (χ2n) is 4.66. The molecular weight excluding hydrogens is 284 g/mol. The third-order valence-electron chi connectivity index (χ3n) is 2.95. The molecule has 0 bridgehead atoms. The lowest BCUT2D eigenvalue weighted by atomic mass is 10.0. The van der Waals surface area contributed by atoms with Crippen molar-refractivity contribution < 1.29 is 23.7 Å². The number of nitrogens with one attached hydrogen (secondary N) is 1. The summed E-state index contributed by atoms with van der Waals surface area (Å²) in [5.41, 5.74) is -1.18. The van der Waals surface area contributed by atoms with Crippen LogP contribution in [0.3, 0.4) is 0 Å². The quantitative estimate of drug-likeness (QED) is 0.518. The Morgan fingerprint density at radius 2 is 1.60 bits per heavy atom. The fourth-order valence-corrected chi connectivity index (χ4v) is 2.59. The summed E-state index contributed by atoms with van der Waals surface area (Å²) in [6.45, 7) is -1.64. The molecule has 0 radical (unpaired) electrons. The van der Waals surface area contributed by atoms with Crippen LogP contribution in [0.5, 0.6) is 0 Å². The third kappa shape index (κ3) is 3.28. The summed E-state index contributed by atoms with van der Waals surface area (Å²) < 4.78 is 25.5. The van der Waals surface area contributed by atoms with E-state index in [2.05, 4.69) is 5.32 Å². The molecule has 0 unspecified atom stereocenters. The minimum Gasteiger partial charge on any atom is -0.394 e. The molecule has 20 heavy (non-hydrogen) atoms. The number of hydrogen-bond donors (Lipinski definition) is 4. The first-order chi connectivity index (χ1) is 9.33. The molecule has 0 saturated carbocycles. The maximum absolute atomic E-state index is 12.2. The van der Waals surface area contributed by atoms with Gasteiger partial charge in [-0.25, -0.2) is 12.7 Å². The van der Waals surface area contributed by atoms with E-state index < -0.39 is 35.4 Å². The Bertz CT molecular complexity index is 532. The first-order valence-corrected chi connectivity index (χ1v) is 7.39. The van der Waals surface area contributed by atoms with Crippen molar-refractivity contribution in [3.63, 3.8) is 0 Å². The summed E-state index contributed by atoms with van der Waals surface area (Å²) in [6.07, 6.45) is 0. The normalized spacial score (nSPS) is 12.7. The van der Waals surface area contributed by atoms with E-state index in [1.807, 2.05) is 0 Å². The van der Waals surface area contributed by atoms with Gasteiger partial charge in [-0.05, 0) is 12.1 Å².